The summed E-state index contributed by atoms with van der Waals surface area (Å²) in [6.45, 7) is 6.28. The molecule has 0 spiro atoms. The zero-order chi connectivity index (χ0) is 10.6. The molecular formula is C13H17Cl. The van der Waals surface area contributed by atoms with Crippen LogP contribution in [0.1, 0.15) is 36.8 Å². The maximum Gasteiger partial charge on any atom is 0.0619 e. The molecule has 0 amide bonds. The normalized spacial score (nSPS) is 12.3. The Labute approximate surface area is 91.6 Å². The fraction of sp³-hybridized carbons (Fsp3) is 0.385. The van der Waals surface area contributed by atoms with E-state index in [4.69, 9.17) is 11.6 Å². The van der Waals surface area contributed by atoms with Crippen LogP contribution in [0.3, 0.4) is 0 Å². The van der Waals surface area contributed by atoms with Crippen LogP contribution in [0.15, 0.2) is 35.9 Å². The smallest absolute Gasteiger partial charge is 0.0619 e. The zero-order valence-corrected chi connectivity index (χ0v) is 9.81. The van der Waals surface area contributed by atoms with Crippen LogP contribution in [0.4, 0.5) is 0 Å². The summed E-state index contributed by atoms with van der Waals surface area (Å²) in [5, 5.41) is 0.102. The molecule has 0 saturated carbocycles. The predicted molar refractivity (Wildman–Crippen MR) is 63.8 cm³/mol. The van der Waals surface area contributed by atoms with Crippen molar-refractivity contribution in [2.24, 2.45) is 0 Å². The lowest BCUT2D eigenvalue weighted by Gasteiger charge is -2.07. The number of halogens is 1. The van der Waals surface area contributed by atoms with Crippen LogP contribution in [0, 0.1) is 6.92 Å². The molecule has 1 rings (SSSR count). The van der Waals surface area contributed by atoms with E-state index in [1.807, 2.05) is 0 Å². The van der Waals surface area contributed by atoms with Gasteiger partial charge >= 0.3 is 0 Å². The Kier molecular flexibility index (Phi) is 4.21. The lowest BCUT2D eigenvalue weighted by Crippen LogP contribution is -1.88. The van der Waals surface area contributed by atoms with Gasteiger partial charge in [0.25, 0.3) is 0 Å². The van der Waals surface area contributed by atoms with Gasteiger partial charge in [-0.05, 0) is 32.8 Å². The fourth-order valence-electron chi connectivity index (χ4n) is 1.25. The third kappa shape index (κ3) is 3.55. The van der Waals surface area contributed by atoms with E-state index in [1.54, 1.807) is 0 Å². The summed E-state index contributed by atoms with van der Waals surface area (Å²) < 4.78 is 0. The molecular weight excluding hydrogens is 192 g/mol. The summed E-state index contributed by atoms with van der Waals surface area (Å²) >= 11 is 6.26. The Morgan fingerprint density at radius 3 is 2.36 bits per heavy atom. The van der Waals surface area contributed by atoms with Crippen molar-refractivity contribution in [2.75, 3.05) is 0 Å². The predicted octanol–water partition coefficient (Wildman–Crippen LogP) is 4.63. The topological polar surface area (TPSA) is 0 Å². The maximum atomic E-state index is 6.26. The van der Waals surface area contributed by atoms with Crippen molar-refractivity contribution >= 4 is 11.6 Å². The number of aryl methyl sites for hydroxylation is 1. The minimum absolute atomic E-state index is 0.102. The van der Waals surface area contributed by atoms with Gasteiger partial charge < -0.3 is 0 Å². The number of hydrogen-bond donors (Lipinski definition) is 0. The van der Waals surface area contributed by atoms with Crippen LogP contribution in [0.25, 0.3) is 0 Å². The molecule has 1 aromatic carbocycles. The minimum atomic E-state index is 0.102. The van der Waals surface area contributed by atoms with E-state index in [1.165, 1.54) is 16.7 Å². The van der Waals surface area contributed by atoms with Gasteiger partial charge in [-0.1, -0.05) is 41.5 Å². The number of alkyl halides is 1. The molecule has 0 aliphatic rings. The Hall–Kier alpha value is -0.750. The third-order valence-electron chi connectivity index (χ3n) is 2.17. The molecule has 1 atom stereocenters. The van der Waals surface area contributed by atoms with Crippen LogP contribution in [-0.4, -0.2) is 0 Å². The van der Waals surface area contributed by atoms with Gasteiger partial charge in [-0.3, -0.25) is 0 Å². The highest BCUT2D eigenvalue weighted by Gasteiger charge is 2.04. The van der Waals surface area contributed by atoms with E-state index in [9.17, 15) is 0 Å². The van der Waals surface area contributed by atoms with Gasteiger partial charge in [0, 0.05) is 0 Å². The molecule has 0 bridgehead atoms. The Morgan fingerprint density at radius 2 is 1.86 bits per heavy atom. The second-order valence-corrected chi connectivity index (χ2v) is 4.42. The average Bonchev–Trinajstić information content (AvgIpc) is 2.15. The molecule has 0 N–H and O–H groups in total. The molecule has 1 aromatic rings. The summed E-state index contributed by atoms with van der Waals surface area (Å²) in [5.41, 5.74) is 3.80. The molecule has 1 unspecified atom stereocenters. The number of allylic oxidation sites excluding steroid dienone is 2. The number of hydrogen-bond acceptors (Lipinski definition) is 0. The Bertz CT molecular complexity index is 305. The summed E-state index contributed by atoms with van der Waals surface area (Å²) in [5.74, 6) is 0. The van der Waals surface area contributed by atoms with Gasteiger partial charge in [-0.15, -0.1) is 11.6 Å². The quantitative estimate of drug-likeness (QED) is 0.502. The van der Waals surface area contributed by atoms with Gasteiger partial charge in [0.1, 0.15) is 0 Å². The van der Waals surface area contributed by atoms with Crippen molar-refractivity contribution in [2.45, 2.75) is 32.6 Å². The first-order chi connectivity index (χ1) is 6.59. The highest BCUT2D eigenvalue weighted by Crippen LogP contribution is 2.25. The summed E-state index contributed by atoms with van der Waals surface area (Å²) in [6, 6.07) is 8.41. The highest BCUT2D eigenvalue weighted by molar-refractivity contribution is 6.20. The van der Waals surface area contributed by atoms with Crippen molar-refractivity contribution in [3.05, 3.63) is 47.0 Å². The molecule has 0 saturated heterocycles. The van der Waals surface area contributed by atoms with E-state index in [0.29, 0.717) is 0 Å². The van der Waals surface area contributed by atoms with Gasteiger partial charge in [0.05, 0.1) is 5.38 Å². The SMILES string of the molecule is CC(C)=CCC(Cl)c1ccc(C)cc1. The molecule has 0 nitrogen and oxygen atoms in total. The van der Waals surface area contributed by atoms with Crippen molar-refractivity contribution in [1.29, 1.82) is 0 Å². The zero-order valence-electron chi connectivity index (χ0n) is 9.05. The minimum Gasteiger partial charge on any atom is -0.117 e. The molecule has 0 aliphatic carbocycles. The Morgan fingerprint density at radius 1 is 1.29 bits per heavy atom. The first-order valence-corrected chi connectivity index (χ1v) is 5.37. The van der Waals surface area contributed by atoms with Gasteiger partial charge in [-0.2, -0.15) is 0 Å². The molecule has 0 aliphatic heterocycles. The lowest BCUT2D eigenvalue weighted by molar-refractivity contribution is 0.945. The van der Waals surface area contributed by atoms with E-state index in [2.05, 4.69) is 51.1 Å². The third-order valence-corrected chi connectivity index (χ3v) is 2.60. The van der Waals surface area contributed by atoms with Crippen LogP contribution in [0.2, 0.25) is 0 Å². The van der Waals surface area contributed by atoms with Crippen molar-refractivity contribution in [1.82, 2.24) is 0 Å². The van der Waals surface area contributed by atoms with Gasteiger partial charge in [-0.25, -0.2) is 0 Å². The van der Waals surface area contributed by atoms with Gasteiger partial charge in [0.15, 0.2) is 0 Å². The molecule has 14 heavy (non-hydrogen) atoms. The van der Waals surface area contributed by atoms with E-state index in [0.717, 1.165) is 6.42 Å². The first kappa shape index (κ1) is 11.3. The molecule has 0 fully saturated rings. The van der Waals surface area contributed by atoms with Crippen LogP contribution in [-0.2, 0) is 0 Å². The first-order valence-electron chi connectivity index (χ1n) is 4.93. The highest BCUT2D eigenvalue weighted by atomic mass is 35.5. The van der Waals surface area contributed by atoms with Crippen molar-refractivity contribution in [3.63, 3.8) is 0 Å². The van der Waals surface area contributed by atoms with E-state index >= 15 is 0 Å². The summed E-state index contributed by atoms with van der Waals surface area (Å²) in [4.78, 5) is 0. The lowest BCUT2D eigenvalue weighted by atomic mass is 10.1. The monoisotopic (exact) mass is 208 g/mol. The largest absolute Gasteiger partial charge is 0.117 e. The molecule has 0 radical (unpaired) electrons. The number of benzene rings is 1. The van der Waals surface area contributed by atoms with Crippen LogP contribution < -0.4 is 0 Å². The van der Waals surface area contributed by atoms with Crippen molar-refractivity contribution < 1.29 is 0 Å². The van der Waals surface area contributed by atoms with Crippen LogP contribution in [0.5, 0.6) is 0 Å². The standard InChI is InChI=1S/C13H17Cl/c1-10(2)4-9-13(14)12-7-5-11(3)6-8-12/h4-8,13H,9H2,1-3H3. The van der Waals surface area contributed by atoms with Crippen LogP contribution >= 0.6 is 11.6 Å². The Balaban J connectivity index is 2.65. The van der Waals surface area contributed by atoms with Crippen molar-refractivity contribution in [3.8, 4) is 0 Å². The molecule has 0 heterocycles. The number of rotatable bonds is 3. The summed E-state index contributed by atoms with van der Waals surface area (Å²) in [7, 11) is 0. The molecule has 1 heteroatoms. The average molecular weight is 209 g/mol. The summed E-state index contributed by atoms with van der Waals surface area (Å²) in [6.07, 6.45) is 3.09. The molecule has 76 valence electrons. The maximum absolute atomic E-state index is 6.26. The second kappa shape index (κ2) is 5.21. The van der Waals surface area contributed by atoms with E-state index < -0.39 is 0 Å². The van der Waals surface area contributed by atoms with Gasteiger partial charge in [0.2, 0.25) is 0 Å². The fourth-order valence-corrected chi connectivity index (χ4v) is 1.49. The van der Waals surface area contributed by atoms with E-state index in [-0.39, 0.29) is 5.38 Å². The second-order valence-electron chi connectivity index (χ2n) is 3.90. The molecule has 0 aromatic heterocycles.